The lowest BCUT2D eigenvalue weighted by Crippen LogP contribution is -2.36. The van der Waals surface area contributed by atoms with Crippen molar-refractivity contribution in [2.24, 2.45) is 16.8 Å². The number of hydrazine groups is 1. The molecule has 0 bridgehead atoms. The molecule has 0 amide bonds. The second-order valence-corrected chi connectivity index (χ2v) is 9.49. The number of nitrogens with zero attached hydrogens (tertiary/aromatic N) is 2. The number of hydrazone groups is 1. The van der Waals surface area contributed by atoms with E-state index in [0.29, 0.717) is 45.9 Å². The summed E-state index contributed by atoms with van der Waals surface area (Å²) in [6.45, 7) is 2.02. The Balaban J connectivity index is 1.72. The lowest BCUT2D eigenvalue weighted by Gasteiger charge is -2.15. The van der Waals surface area contributed by atoms with Gasteiger partial charge in [0.2, 0.25) is 0 Å². The molecule has 13 heteroatoms. The Morgan fingerprint density at radius 1 is 1.27 bits per heavy atom. The van der Waals surface area contributed by atoms with Crippen molar-refractivity contribution >= 4 is 17.2 Å². The number of aromatic amines is 1. The topological polar surface area (TPSA) is 141 Å². The van der Waals surface area contributed by atoms with Crippen LogP contribution in [0.15, 0.2) is 40.4 Å². The summed E-state index contributed by atoms with van der Waals surface area (Å²) in [6, 6.07) is 6.62. The fourth-order valence-electron chi connectivity index (χ4n) is 3.80. The van der Waals surface area contributed by atoms with Gasteiger partial charge in [0, 0.05) is 34.7 Å². The first-order valence-electron chi connectivity index (χ1n) is 11.7. The molecule has 0 radical (unpaired) electrons. The third-order valence-corrected chi connectivity index (χ3v) is 6.88. The molecular formula is C24H27F3N6O3S. The maximum Gasteiger partial charge on any atom is 0.389 e. The molecule has 6 N–H and O–H groups in total. The minimum atomic E-state index is -4.23. The molecule has 1 saturated carbocycles. The van der Waals surface area contributed by atoms with Crippen LogP contribution in [0.4, 0.5) is 13.2 Å². The molecule has 0 atom stereocenters. The summed E-state index contributed by atoms with van der Waals surface area (Å²) in [6.07, 6.45) is -1.29. The number of pyridine rings is 1. The van der Waals surface area contributed by atoms with E-state index < -0.39 is 18.2 Å². The highest BCUT2D eigenvalue weighted by molar-refractivity contribution is 7.15. The summed E-state index contributed by atoms with van der Waals surface area (Å²) in [5, 5.41) is 4.23. The first-order valence-corrected chi connectivity index (χ1v) is 12.5. The van der Waals surface area contributed by atoms with Crippen LogP contribution in [0.25, 0.3) is 21.8 Å². The van der Waals surface area contributed by atoms with Crippen LogP contribution in [-0.4, -0.2) is 35.2 Å². The molecule has 1 aliphatic rings. The third-order valence-electron chi connectivity index (χ3n) is 5.69. The van der Waals surface area contributed by atoms with Crippen molar-refractivity contribution < 1.29 is 22.6 Å². The predicted molar refractivity (Wildman–Crippen MR) is 136 cm³/mol. The molecule has 0 unspecified atom stereocenters. The Hall–Kier alpha value is -3.58. The van der Waals surface area contributed by atoms with Gasteiger partial charge in [0.25, 0.3) is 5.56 Å². The highest BCUT2D eigenvalue weighted by atomic mass is 32.1. The molecule has 0 aliphatic heterocycles. The number of amidine groups is 1. The van der Waals surface area contributed by atoms with Gasteiger partial charge in [-0.1, -0.05) is 0 Å². The second-order valence-electron chi connectivity index (χ2n) is 8.42. The van der Waals surface area contributed by atoms with Gasteiger partial charge in [0.15, 0.2) is 5.84 Å². The quantitative estimate of drug-likeness (QED) is 0.0998. The number of rotatable bonds is 10. The zero-order valence-electron chi connectivity index (χ0n) is 20.0. The Labute approximate surface area is 214 Å². The van der Waals surface area contributed by atoms with E-state index in [1.807, 2.05) is 6.20 Å². The number of ether oxygens (including phenoxy) is 2. The lowest BCUT2D eigenvalue weighted by molar-refractivity contribution is -0.136. The van der Waals surface area contributed by atoms with Crippen LogP contribution in [0.2, 0.25) is 0 Å². The average molecular weight is 537 g/mol. The highest BCUT2D eigenvalue weighted by Gasteiger charge is 2.28. The molecule has 3 aromatic rings. The second kappa shape index (κ2) is 11.2. The van der Waals surface area contributed by atoms with Crippen LogP contribution >= 0.6 is 11.3 Å². The van der Waals surface area contributed by atoms with Gasteiger partial charge in [-0.3, -0.25) is 4.79 Å². The summed E-state index contributed by atoms with van der Waals surface area (Å²) in [5.74, 6) is 12.3. The van der Waals surface area contributed by atoms with Gasteiger partial charge in [0.05, 0.1) is 24.5 Å². The van der Waals surface area contributed by atoms with Crippen molar-refractivity contribution in [3.8, 4) is 33.3 Å². The van der Waals surface area contributed by atoms with Gasteiger partial charge >= 0.3 is 6.18 Å². The van der Waals surface area contributed by atoms with Crippen molar-refractivity contribution in [1.82, 2.24) is 15.4 Å². The van der Waals surface area contributed by atoms with Crippen LogP contribution in [-0.2, 0) is 0 Å². The highest BCUT2D eigenvalue weighted by Crippen LogP contribution is 2.44. The monoisotopic (exact) mass is 536 g/mol. The number of alkyl halides is 3. The molecule has 2 aromatic heterocycles. The normalized spacial score (nSPS) is 14.0. The van der Waals surface area contributed by atoms with E-state index >= 15 is 0 Å². The molecular weight excluding hydrogens is 509 g/mol. The number of hydrogen-bond donors (Lipinski definition) is 4. The molecule has 198 valence electrons. The maximum atomic E-state index is 13.2. The first kappa shape index (κ1) is 26.5. The summed E-state index contributed by atoms with van der Waals surface area (Å²) in [4.78, 5) is 21.7. The van der Waals surface area contributed by atoms with Crippen molar-refractivity contribution in [1.29, 1.82) is 0 Å². The molecule has 1 fully saturated rings. The summed E-state index contributed by atoms with van der Waals surface area (Å²) in [7, 11) is 0. The molecule has 0 spiro atoms. The minimum Gasteiger partial charge on any atom is -0.493 e. The van der Waals surface area contributed by atoms with Crippen LogP contribution in [0.1, 0.15) is 49.0 Å². The smallest absolute Gasteiger partial charge is 0.389 e. The Kier molecular flexibility index (Phi) is 8.03. The van der Waals surface area contributed by atoms with Crippen molar-refractivity contribution in [3.05, 3.63) is 51.3 Å². The Morgan fingerprint density at radius 2 is 2.05 bits per heavy atom. The number of hydrogen-bond acceptors (Lipinski definition) is 8. The molecule has 9 nitrogen and oxygen atoms in total. The number of H-pyrrole nitrogens is 1. The van der Waals surface area contributed by atoms with E-state index in [2.05, 4.69) is 20.5 Å². The van der Waals surface area contributed by atoms with E-state index in [9.17, 15) is 18.0 Å². The Morgan fingerprint density at radius 3 is 2.70 bits per heavy atom. The number of halogens is 3. The molecule has 2 heterocycles. The van der Waals surface area contributed by atoms with E-state index in [1.165, 1.54) is 11.3 Å². The molecule has 37 heavy (non-hydrogen) atoms. The largest absolute Gasteiger partial charge is 0.493 e. The zero-order valence-corrected chi connectivity index (χ0v) is 20.8. The number of nitrogens with two attached hydrogens (primary N) is 2. The number of benzene rings is 1. The number of nitrogens with one attached hydrogen (secondary N) is 2. The molecule has 1 aromatic carbocycles. The number of thiazole rings is 1. The minimum absolute atomic E-state index is 0.00129. The predicted octanol–water partition coefficient (Wildman–Crippen LogP) is 4.25. The zero-order chi connectivity index (χ0) is 26.6. The van der Waals surface area contributed by atoms with Gasteiger partial charge in [-0.15, -0.1) is 11.3 Å². The van der Waals surface area contributed by atoms with Crippen molar-refractivity contribution in [3.63, 3.8) is 0 Å². The average Bonchev–Trinajstić information content (AvgIpc) is 3.59. The van der Waals surface area contributed by atoms with E-state index in [0.717, 1.165) is 17.7 Å². The van der Waals surface area contributed by atoms with Crippen LogP contribution in [0.3, 0.4) is 0 Å². The maximum absolute atomic E-state index is 13.2. The summed E-state index contributed by atoms with van der Waals surface area (Å²) < 4.78 is 48.5. The Bertz CT molecular complexity index is 1330. The summed E-state index contributed by atoms with van der Waals surface area (Å²) in [5.41, 5.74) is 3.50. The number of aromatic nitrogens is 2. The SMILES string of the molecule is CCOc1cc(OCCCC(F)(F)F)ccc1-c1cc(-c2ncc(C3CC3)s2)c(/C(=N/N)NN)c(=O)[nH]1. The van der Waals surface area contributed by atoms with E-state index in [4.69, 9.17) is 21.2 Å². The fourth-order valence-corrected chi connectivity index (χ4v) is 4.91. The molecule has 1 aliphatic carbocycles. The van der Waals surface area contributed by atoms with Crippen molar-refractivity contribution in [2.45, 2.75) is 44.7 Å². The molecule has 0 saturated heterocycles. The van der Waals surface area contributed by atoms with E-state index in [1.54, 1.807) is 31.2 Å². The van der Waals surface area contributed by atoms with Crippen molar-refractivity contribution in [2.75, 3.05) is 13.2 Å². The standard InChI is InChI=1S/C24H27F3N6O3S/c1-2-35-18-10-14(36-9-3-8-24(25,26)27)6-7-15(18)17-11-16(20(22(34)31-17)21(32-28)33-29)23-30-12-19(37-23)13-4-5-13/h6-7,10-13H,2-5,8-9,28-29H2,1H3,(H,31,34)(H,32,33). The van der Waals surface area contributed by atoms with Gasteiger partial charge in [0.1, 0.15) is 16.5 Å². The van der Waals surface area contributed by atoms with Gasteiger partial charge in [-0.25, -0.2) is 10.8 Å². The summed E-state index contributed by atoms with van der Waals surface area (Å²) >= 11 is 1.49. The van der Waals surface area contributed by atoms with E-state index in [-0.39, 0.29) is 24.4 Å². The van der Waals surface area contributed by atoms with Crippen LogP contribution < -0.4 is 32.1 Å². The van der Waals surface area contributed by atoms with Crippen LogP contribution in [0, 0.1) is 0 Å². The van der Waals surface area contributed by atoms with Gasteiger partial charge < -0.3 is 25.7 Å². The lowest BCUT2D eigenvalue weighted by atomic mass is 10.0. The fraction of sp³-hybridized carbons (Fsp3) is 0.375. The first-order chi connectivity index (χ1) is 17.7. The molecule has 4 rings (SSSR count). The van der Waals surface area contributed by atoms with Gasteiger partial charge in [-0.2, -0.15) is 18.3 Å². The van der Waals surface area contributed by atoms with Crippen LogP contribution in [0.5, 0.6) is 11.5 Å². The van der Waals surface area contributed by atoms with Gasteiger partial charge in [-0.05, 0) is 50.3 Å². The third kappa shape index (κ3) is 6.41.